The Hall–Kier alpha value is -2.38. The highest BCUT2D eigenvalue weighted by Crippen LogP contribution is 2.17. The lowest BCUT2D eigenvalue weighted by molar-refractivity contribution is -0.128. The van der Waals surface area contributed by atoms with Gasteiger partial charge in [-0.15, -0.1) is 0 Å². The Labute approximate surface area is 135 Å². The van der Waals surface area contributed by atoms with E-state index in [0.717, 1.165) is 5.69 Å². The summed E-state index contributed by atoms with van der Waals surface area (Å²) in [6, 6.07) is 1.52. The van der Waals surface area contributed by atoms with Gasteiger partial charge in [0.25, 0.3) is 0 Å². The molecule has 1 aliphatic heterocycles. The van der Waals surface area contributed by atoms with E-state index in [2.05, 4.69) is 15.7 Å². The quantitative estimate of drug-likeness (QED) is 0.749. The van der Waals surface area contributed by atoms with Crippen LogP contribution in [0.3, 0.4) is 0 Å². The topological polar surface area (TPSA) is 96.3 Å². The fourth-order valence-corrected chi connectivity index (χ4v) is 2.74. The molecule has 126 valence electrons. The summed E-state index contributed by atoms with van der Waals surface area (Å²) in [7, 11) is 1.55. The van der Waals surface area contributed by atoms with Crippen molar-refractivity contribution < 1.29 is 14.4 Å². The van der Waals surface area contributed by atoms with Gasteiger partial charge in [-0.3, -0.25) is 19.1 Å². The number of rotatable bonds is 5. The number of nitrogens with one attached hydrogen (secondary N) is 2. The normalized spacial score (nSPS) is 20.4. The maximum Gasteiger partial charge on any atom is 0.226 e. The third-order valence-corrected chi connectivity index (χ3v) is 4.04. The van der Waals surface area contributed by atoms with E-state index in [4.69, 9.17) is 0 Å². The third kappa shape index (κ3) is 4.30. The van der Waals surface area contributed by atoms with Crippen molar-refractivity contribution in [2.24, 2.45) is 5.92 Å². The highest BCUT2D eigenvalue weighted by atomic mass is 16.2. The van der Waals surface area contributed by atoms with Crippen molar-refractivity contribution in [3.63, 3.8) is 0 Å². The maximum absolute atomic E-state index is 12.1. The molecule has 0 spiro atoms. The van der Waals surface area contributed by atoms with Gasteiger partial charge in [0.1, 0.15) is 0 Å². The smallest absolute Gasteiger partial charge is 0.226 e. The molecular weight excluding hydrogens is 298 g/mol. The highest BCUT2D eigenvalue weighted by molar-refractivity contribution is 5.84. The number of aromatic nitrogens is 2. The summed E-state index contributed by atoms with van der Waals surface area (Å²) in [5, 5.41) is 9.69. The average molecular weight is 321 g/mol. The van der Waals surface area contributed by atoms with Crippen LogP contribution in [0.4, 0.5) is 0 Å². The van der Waals surface area contributed by atoms with Gasteiger partial charge in [-0.25, -0.2) is 0 Å². The Morgan fingerprint density at radius 2 is 2.09 bits per heavy atom. The van der Waals surface area contributed by atoms with Gasteiger partial charge < -0.3 is 15.5 Å². The van der Waals surface area contributed by atoms with Crippen LogP contribution >= 0.6 is 0 Å². The number of aryl methyl sites for hydroxylation is 2. The zero-order valence-corrected chi connectivity index (χ0v) is 13.7. The molecule has 2 atom stereocenters. The molecule has 3 amide bonds. The molecule has 1 fully saturated rings. The number of amides is 3. The van der Waals surface area contributed by atoms with E-state index in [0.29, 0.717) is 19.6 Å². The number of likely N-dealkylation sites (tertiary alicyclic amines) is 1. The number of carbonyl (C=O) groups is 3. The molecule has 2 heterocycles. The van der Waals surface area contributed by atoms with Gasteiger partial charge in [0.05, 0.1) is 17.7 Å². The summed E-state index contributed by atoms with van der Waals surface area (Å²) in [5.41, 5.74) is 0.901. The molecule has 0 aromatic carbocycles. The lowest BCUT2D eigenvalue weighted by Crippen LogP contribution is -2.45. The molecule has 2 rings (SSSR count). The second kappa shape index (κ2) is 7.26. The Balaban J connectivity index is 1.91. The van der Waals surface area contributed by atoms with Crippen molar-refractivity contribution in [2.45, 2.75) is 32.9 Å². The Morgan fingerprint density at radius 3 is 2.65 bits per heavy atom. The minimum Gasteiger partial charge on any atom is -0.359 e. The molecule has 0 saturated carbocycles. The lowest BCUT2D eigenvalue weighted by Gasteiger charge is -2.18. The minimum atomic E-state index is -0.417. The standard InChI is InChI=1S/C15H23N5O3/c1-10-4-6-20(18-10)7-5-14(22)17-13-9-19(11(2)21)8-12(13)15(23)16-3/h4,6,12-13H,5,7-9H2,1-3H3,(H,16,23)(H,17,22)/t12-,13+/m1/s1. The highest BCUT2D eigenvalue weighted by Gasteiger charge is 2.38. The fourth-order valence-electron chi connectivity index (χ4n) is 2.74. The van der Waals surface area contributed by atoms with Crippen molar-refractivity contribution in [2.75, 3.05) is 20.1 Å². The molecule has 1 saturated heterocycles. The first-order chi connectivity index (χ1) is 10.9. The van der Waals surface area contributed by atoms with Crippen molar-refractivity contribution in [3.8, 4) is 0 Å². The molecule has 1 aromatic rings. The first kappa shape index (κ1) is 17.0. The lowest BCUT2D eigenvalue weighted by atomic mass is 10.0. The van der Waals surface area contributed by atoms with Gasteiger partial charge in [-0.05, 0) is 13.0 Å². The van der Waals surface area contributed by atoms with E-state index < -0.39 is 5.92 Å². The minimum absolute atomic E-state index is 0.0948. The number of carbonyl (C=O) groups excluding carboxylic acids is 3. The summed E-state index contributed by atoms with van der Waals surface area (Å²) < 4.78 is 1.71. The molecule has 0 bridgehead atoms. The zero-order chi connectivity index (χ0) is 17.0. The second-order valence-corrected chi connectivity index (χ2v) is 5.79. The van der Waals surface area contributed by atoms with E-state index in [1.807, 2.05) is 19.2 Å². The molecule has 2 N–H and O–H groups in total. The van der Waals surface area contributed by atoms with E-state index in [-0.39, 0.29) is 30.2 Å². The molecule has 8 heteroatoms. The molecule has 0 radical (unpaired) electrons. The van der Waals surface area contributed by atoms with Crippen LogP contribution in [0.5, 0.6) is 0 Å². The first-order valence-electron chi connectivity index (χ1n) is 7.67. The summed E-state index contributed by atoms with van der Waals surface area (Å²) >= 11 is 0. The number of nitrogens with zero attached hydrogens (tertiary/aromatic N) is 3. The van der Waals surface area contributed by atoms with Gasteiger partial charge in [-0.2, -0.15) is 5.10 Å². The molecular formula is C15H23N5O3. The van der Waals surface area contributed by atoms with Crippen LogP contribution in [0.2, 0.25) is 0 Å². The molecule has 8 nitrogen and oxygen atoms in total. The Morgan fingerprint density at radius 1 is 1.35 bits per heavy atom. The van der Waals surface area contributed by atoms with Crippen LogP contribution in [0, 0.1) is 12.8 Å². The van der Waals surface area contributed by atoms with Crippen LogP contribution in [-0.2, 0) is 20.9 Å². The number of hydrogen-bond donors (Lipinski definition) is 2. The van der Waals surface area contributed by atoms with Gasteiger partial charge in [0, 0.05) is 46.2 Å². The van der Waals surface area contributed by atoms with Gasteiger partial charge >= 0.3 is 0 Å². The molecule has 1 aromatic heterocycles. The van der Waals surface area contributed by atoms with Crippen molar-refractivity contribution in [3.05, 3.63) is 18.0 Å². The van der Waals surface area contributed by atoms with E-state index >= 15 is 0 Å². The monoisotopic (exact) mass is 321 g/mol. The van der Waals surface area contributed by atoms with Crippen LogP contribution < -0.4 is 10.6 Å². The molecule has 0 aliphatic carbocycles. The van der Waals surface area contributed by atoms with E-state index in [1.165, 1.54) is 6.92 Å². The van der Waals surface area contributed by atoms with Gasteiger partial charge in [0.2, 0.25) is 17.7 Å². The summed E-state index contributed by atoms with van der Waals surface area (Å²) in [6.45, 7) is 4.52. The summed E-state index contributed by atoms with van der Waals surface area (Å²) in [4.78, 5) is 37.2. The predicted molar refractivity (Wildman–Crippen MR) is 83.3 cm³/mol. The first-order valence-corrected chi connectivity index (χ1v) is 7.67. The average Bonchev–Trinajstić information content (AvgIpc) is 3.11. The van der Waals surface area contributed by atoms with Crippen molar-refractivity contribution in [1.82, 2.24) is 25.3 Å². The maximum atomic E-state index is 12.1. The van der Waals surface area contributed by atoms with Crippen LogP contribution in [0.1, 0.15) is 19.0 Å². The molecule has 0 unspecified atom stereocenters. The largest absolute Gasteiger partial charge is 0.359 e. The summed E-state index contributed by atoms with van der Waals surface area (Å²) in [5.74, 6) is -0.827. The Kier molecular flexibility index (Phi) is 5.36. The number of hydrogen-bond acceptors (Lipinski definition) is 4. The van der Waals surface area contributed by atoms with E-state index in [1.54, 1.807) is 16.6 Å². The third-order valence-electron chi connectivity index (χ3n) is 4.04. The summed E-state index contributed by atoms with van der Waals surface area (Å²) in [6.07, 6.45) is 2.10. The Bertz CT molecular complexity index is 598. The van der Waals surface area contributed by atoms with Crippen LogP contribution in [-0.4, -0.2) is 58.6 Å². The molecule has 1 aliphatic rings. The van der Waals surface area contributed by atoms with Gasteiger partial charge in [0.15, 0.2) is 0 Å². The zero-order valence-electron chi connectivity index (χ0n) is 13.7. The van der Waals surface area contributed by atoms with Gasteiger partial charge in [-0.1, -0.05) is 0 Å². The SMILES string of the molecule is CNC(=O)[C@@H]1CN(C(C)=O)C[C@@H]1NC(=O)CCn1ccc(C)n1. The van der Waals surface area contributed by atoms with E-state index in [9.17, 15) is 14.4 Å². The predicted octanol–water partition coefficient (Wildman–Crippen LogP) is -0.709. The van der Waals surface area contributed by atoms with Crippen LogP contribution in [0.25, 0.3) is 0 Å². The second-order valence-electron chi connectivity index (χ2n) is 5.79. The van der Waals surface area contributed by atoms with Crippen molar-refractivity contribution in [1.29, 1.82) is 0 Å². The fraction of sp³-hybridized carbons (Fsp3) is 0.600. The molecule has 23 heavy (non-hydrogen) atoms. The van der Waals surface area contributed by atoms with Crippen LogP contribution in [0.15, 0.2) is 12.3 Å². The van der Waals surface area contributed by atoms with Crippen molar-refractivity contribution >= 4 is 17.7 Å².